The maximum Gasteiger partial charge on any atom is 0.330 e. The van der Waals surface area contributed by atoms with E-state index in [1.165, 1.54) is 73.9 Å². The van der Waals surface area contributed by atoms with E-state index in [0.29, 0.717) is 54.0 Å². The average molecular weight is 1260 g/mol. The van der Waals surface area contributed by atoms with E-state index in [-0.39, 0.29) is 64.1 Å². The van der Waals surface area contributed by atoms with Crippen molar-refractivity contribution in [1.29, 1.82) is 0 Å². The van der Waals surface area contributed by atoms with Crippen molar-refractivity contribution in [2.75, 3.05) is 66.9 Å². The lowest BCUT2D eigenvalue weighted by Crippen LogP contribution is -2.58. The number of anilines is 1. The van der Waals surface area contributed by atoms with Crippen LogP contribution in [-0.4, -0.2) is 186 Å². The van der Waals surface area contributed by atoms with Crippen molar-refractivity contribution in [1.82, 2.24) is 29.8 Å². The minimum atomic E-state index is -1.78. The summed E-state index contributed by atoms with van der Waals surface area (Å²) >= 11 is 0. The number of benzene rings is 3. The fraction of sp³-hybridized carbons (Fsp3) is 0.559. The zero-order chi connectivity index (χ0) is 66.9. The minimum absolute atomic E-state index is 0.0647. The number of aliphatic hydroxyl groups is 1. The van der Waals surface area contributed by atoms with Crippen molar-refractivity contribution >= 4 is 64.8 Å². The Morgan fingerprint density at radius 3 is 2.09 bits per heavy atom. The fourth-order valence-electron chi connectivity index (χ4n) is 11.5. The molecule has 91 heavy (non-hydrogen) atoms. The number of nitrogens with zero attached hydrogens (tertiary/aromatic N) is 5. The van der Waals surface area contributed by atoms with Crippen LogP contribution in [0.25, 0.3) is 0 Å². The first-order chi connectivity index (χ1) is 43.0. The van der Waals surface area contributed by atoms with Crippen LogP contribution in [0.5, 0.6) is 11.5 Å². The van der Waals surface area contributed by atoms with Gasteiger partial charge >= 0.3 is 17.9 Å². The molecule has 2 unspecified atom stereocenters. The first kappa shape index (κ1) is 71.9. The van der Waals surface area contributed by atoms with Crippen LogP contribution < -0.4 is 20.1 Å². The first-order valence-corrected chi connectivity index (χ1v) is 31.3. The fourth-order valence-corrected chi connectivity index (χ4v) is 11.5. The van der Waals surface area contributed by atoms with Gasteiger partial charge in [-0.25, -0.2) is 4.79 Å². The molecule has 2 fully saturated rings. The van der Waals surface area contributed by atoms with E-state index >= 15 is 9.59 Å². The third-order valence-electron chi connectivity index (χ3n) is 16.6. The Morgan fingerprint density at radius 1 is 0.736 bits per heavy atom. The summed E-state index contributed by atoms with van der Waals surface area (Å²) in [5.41, 5.74) is -0.444. The highest BCUT2D eigenvalue weighted by Crippen LogP contribution is 2.34. The zero-order valence-electron chi connectivity index (χ0n) is 54.8. The molecule has 0 aromatic heterocycles. The number of aryl methyl sites for hydroxylation is 1. The molecule has 6 amide bonds. The van der Waals surface area contributed by atoms with Gasteiger partial charge in [-0.3, -0.25) is 48.1 Å². The molecular formula is C68H93N7O16. The van der Waals surface area contributed by atoms with E-state index in [9.17, 15) is 43.5 Å². The minimum Gasteiger partial charge on any atom is -0.493 e. The van der Waals surface area contributed by atoms with Crippen molar-refractivity contribution in [3.8, 4) is 11.5 Å². The Labute approximate surface area is 534 Å². The number of likely N-dealkylation sites (N-methyl/N-ethyl adjacent to an activating group) is 3. The van der Waals surface area contributed by atoms with Crippen LogP contribution in [0.4, 0.5) is 5.69 Å². The highest BCUT2D eigenvalue weighted by molar-refractivity contribution is 5.98. The number of ether oxygens (including phenoxy) is 5. The van der Waals surface area contributed by atoms with Gasteiger partial charge in [0.2, 0.25) is 35.4 Å². The summed E-state index contributed by atoms with van der Waals surface area (Å²) in [4.78, 5) is 149. The maximum absolute atomic E-state index is 15.1. The second-order valence-corrected chi connectivity index (χ2v) is 25.7. The van der Waals surface area contributed by atoms with Crippen LogP contribution in [0.15, 0.2) is 84.9 Å². The molecule has 23 nitrogen and oxygen atoms in total. The third kappa shape index (κ3) is 19.9. The van der Waals surface area contributed by atoms with E-state index in [4.69, 9.17) is 23.7 Å². The molecule has 3 aromatic carbocycles. The van der Waals surface area contributed by atoms with Crippen LogP contribution in [-0.2, 0) is 68.6 Å². The maximum atomic E-state index is 15.1. The highest BCUT2D eigenvalue weighted by Gasteiger charge is 2.46. The Hall–Kier alpha value is -8.18. The predicted molar refractivity (Wildman–Crippen MR) is 338 cm³/mol. The summed E-state index contributed by atoms with van der Waals surface area (Å²) in [6.07, 6.45) is 1.69. The topological polar surface area (TPSA) is 277 Å². The number of ketones is 1. The molecule has 496 valence electrons. The first-order valence-electron chi connectivity index (χ1n) is 31.3. The Bertz CT molecular complexity index is 3110. The second kappa shape index (κ2) is 32.7. The molecule has 3 N–H and O–H groups in total. The average Bonchev–Trinajstić information content (AvgIpc) is 1.95. The molecule has 0 aliphatic carbocycles. The van der Waals surface area contributed by atoms with Crippen LogP contribution in [0, 0.1) is 11.3 Å². The van der Waals surface area contributed by atoms with Gasteiger partial charge < -0.3 is 59.0 Å². The smallest absolute Gasteiger partial charge is 0.330 e. The number of piperidine rings is 1. The van der Waals surface area contributed by atoms with Gasteiger partial charge in [0.15, 0.2) is 23.5 Å². The molecule has 3 aliphatic heterocycles. The number of cyclic esters (lactones) is 2. The number of nitrogens with one attached hydrogen (secondary N) is 2. The van der Waals surface area contributed by atoms with Crippen molar-refractivity contribution in [2.45, 2.75) is 174 Å². The van der Waals surface area contributed by atoms with Crippen molar-refractivity contribution in [2.24, 2.45) is 11.3 Å². The lowest BCUT2D eigenvalue weighted by Gasteiger charge is -2.39. The van der Waals surface area contributed by atoms with Crippen molar-refractivity contribution < 1.29 is 76.7 Å². The molecule has 7 atom stereocenters. The number of hydrogen-bond acceptors (Lipinski definition) is 17. The van der Waals surface area contributed by atoms with Crippen LogP contribution in [0.2, 0.25) is 0 Å². The number of esters is 3. The van der Waals surface area contributed by atoms with Gasteiger partial charge in [0, 0.05) is 65.4 Å². The summed E-state index contributed by atoms with van der Waals surface area (Å²) in [5.74, 6) is -5.74. The monoisotopic (exact) mass is 1260 g/mol. The van der Waals surface area contributed by atoms with Crippen molar-refractivity contribution in [3.05, 3.63) is 102 Å². The summed E-state index contributed by atoms with van der Waals surface area (Å²) in [5, 5.41) is 17.4. The molecule has 6 rings (SSSR count). The molecule has 3 heterocycles. The molecule has 3 aliphatic rings. The van der Waals surface area contributed by atoms with E-state index in [0.717, 1.165) is 10.5 Å². The lowest BCUT2D eigenvalue weighted by molar-refractivity contribution is -0.170. The third-order valence-corrected chi connectivity index (χ3v) is 16.6. The summed E-state index contributed by atoms with van der Waals surface area (Å²) in [7, 11) is 7.45. The number of Topliss-reactive ketones (excluding diaryl/α,β-unsaturated/α-hetero) is 1. The van der Waals surface area contributed by atoms with Gasteiger partial charge in [-0.1, -0.05) is 74.9 Å². The molecule has 0 saturated carbocycles. The van der Waals surface area contributed by atoms with Crippen LogP contribution in [0.1, 0.15) is 148 Å². The molecule has 23 heteroatoms. The summed E-state index contributed by atoms with van der Waals surface area (Å²) < 4.78 is 28.6. The number of fused-ring (bicyclic) bond motifs is 4. The standard InChI is InChI=1S/C68H93N7O16/c1-43(2)38-50-61(81)71(8)35-18-17-28-57(78)89-42-68(6,7)60(80)65(85)75-36-19-16-26-49(75)66(86)90-52(31-29-44-30-32-53(87-11)54(39-44)88-12)46-24-20-25-47(40-46)69-55(76)33-34-56(77)70-59(45-22-14-13-15-23-45)64(84)73(10)51(41-58(79)91-67(3,4)5)63(83)74-37-21-27-48(74)62(82)72(50)9/h13-15,17,20,22-25,28,30,32,39-40,43,48-52,59,65,85H,16,18-19,21,26-27,29,31,33-38,41-42H2,1-12H3,(H,69,76)(H,70,77)/b28-17+/t48-,49+,50+,51+,52-,59?,65?/m1/s1. The summed E-state index contributed by atoms with van der Waals surface area (Å²) in [6, 6.07) is 14.3. The molecule has 0 radical (unpaired) electrons. The SMILES string of the molecule is COc1ccc(CC[C@H]2OC(=O)[C@@H]3CCCCN3C(O)C(=O)C(C)(C)COC(=O)/C=C/CCN(C)C(=O)[C@H](CC(C)C)N(C)C(=O)[C@H]3CCCN3C(=O)[C@H](CC(=O)OC(C)(C)C)N(C)C(=O)C(c3ccccc3)NC(=O)CCC(=O)Nc3cccc2c3)cc1OC. The molecule has 3 aromatic rings. The van der Waals surface area contributed by atoms with Crippen LogP contribution in [0.3, 0.4) is 0 Å². The van der Waals surface area contributed by atoms with E-state index in [2.05, 4.69) is 10.6 Å². The lowest BCUT2D eigenvalue weighted by atomic mass is 9.86. The number of hydrogen-bond donors (Lipinski definition) is 3. The highest BCUT2D eigenvalue weighted by atomic mass is 16.6. The van der Waals surface area contributed by atoms with E-state index in [1.807, 2.05) is 26.0 Å². The van der Waals surface area contributed by atoms with Gasteiger partial charge in [-0.15, -0.1) is 0 Å². The van der Waals surface area contributed by atoms with Gasteiger partial charge in [0.05, 0.1) is 26.1 Å². The van der Waals surface area contributed by atoms with E-state index in [1.54, 1.807) is 88.5 Å². The number of amides is 6. The Balaban J connectivity index is 1.35. The number of methoxy groups -OCH3 is 2. The molecule has 2 bridgehead atoms. The second-order valence-electron chi connectivity index (χ2n) is 25.7. The Kier molecular flexibility index (Phi) is 25.8. The quantitative estimate of drug-likeness (QED) is 0.142. The van der Waals surface area contributed by atoms with Gasteiger partial charge in [-0.2, -0.15) is 0 Å². The number of rotatable bonds is 10. The summed E-state index contributed by atoms with van der Waals surface area (Å²) in [6.45, 7) is 11.8. The normalized spacial score (nSPS) is 24.4. The zero-order valence-corrected chi connectivity index (χ0v) is 54.8. The van der Waals surface area contributed by atoms with Crippen LogP contribution >= 0.6 is 0 Å². The van der Waals surface area contributed by atoms with Gasteiger partial charge in [0.1, 0.15) is 48.5 Å². The number of aliphatic hydroxyl groups excluding tert-OH is 1. The molecule has 0 spiro atoms. The molecular weight excluding hydrogens is 1170 g/mol. The van der Waals surface area contributed by atoms with Gasteiger partial charge in [-0.05, 0) is 133 Å². The number of carbonyl (C=O) groups is 10. The predicted octanol–water partition coefficient (Wildman–Crippen LogP) is 6.65. The van der Waals surface area contributed by atoms with E-state index < -0.39 is 132 Å². The Morgan fingerprint density at radius 2 is 1.41 bits per heavy atom. The number of carbonyl (C=O) groups excluding carboxylic acids is 10. The van der Waals surface area contributed by atoms with Crippen molar-refractivity contribution in [3.63, 3.8) is 0 Å². The largest absolute Gasteiger partial charge is 0.493 e. The molecule has 2 saturated heterocycles. The van der Waals surface area contributed by atoms with Gasteiger partial charge in [0.25, 0.3) is 0 Å².